The van der Waals surface area contributed by atoms with Crippen LogP contribution in [0.15, 0.2) is 18.2 Å². The van der Waals surface area contributed by atoms with E-state index in [1.165, 1.54) is 48.8 Å². The highest BCUT2D eigenvalue weighted by Crippen LogP contribution is 2.40. The number of hydrogen-bond acceptors (Lipinski definition) is 0. The van der Waals surface area contributed by atoms with Crippen molar-refractivity contribution < 1.29 is 0 Å². The van der Waals surface area contributed by atoms with Gasteiger partial charge in [-0.1, -0.05) is 51.3 Å². The molecule has 1 aliphatic carbocycles. The van der Waals surface area contributed by atoms with Gasteiger partial charge in [0.15, 0.2) is 0 Å². The largest absolute Gasteiger partial charge is 0.0588 e. The normalized spacial score (nSPS) is 18.4. The lowest BCUT2D eigenvalue weighted by atomic mass is 9.67. The Bertz CT molecular complexity index is 381. The van der Waals surface area contributed by atoms with Crippen molar-refractivity contribution in [3.8, 4) is 0 Å². The Morgan fingerprint density at radius 3 is 2.18 bits per heavy atom. The van der Waals surface area contributed by atoms with Crippen molar-refractivity contribution >= 4 is 0 Å². The first-order valence-electron chi connectivity index (χ1n) is 7.09. The molecule has 0 unspecified atom stereocenters. The summed E-state index contributed by atoms with van der Waals surface area (Å²) >= 11 is 0. The zero-order valence-electron chi connectivity index (χ0n) is 11.8. The van der Waals surface area contributed by atoms with Crippen LogP contribution in [-0.4, -0.2) is 0 Å². The third kappa shape index (κ3) is 2.56. The van der Waals surface area contributed by atoms with E-state index >= 15 is 0 Å². The highest BCUT2D eigenvalue weighted by Gasteiger charge is 2.32. The van der Waals surface area contributed by atoms with Crippen LogP contribution in [0.1, 0.15) is 62.6 Å². The lowest BCUT2D eigenvalue weighted by Gasteiger charge is -2.38. The van der Waals surface area contributed by atoms with Crippen LogP contribution in [0, 0.1) is 19.8 Å². The van der Waals surface area contributed by atoms with Gasteiger partial charge in [-0.2, -0.15) is 0 Å². The van der Waals surface area contributed by atoms with Gasteiger partial charge in [-0.05, 0) is 54.7 Å². The Kier molecular flexibility index (Phi) is 3.61. The molecule has 0 saturated heterocycles. The zero-order valence-corrected chi connectivity index (χ0v) is 11.8. The molecule has 1 aromatic rings. The maximum Gasteiger partial charge on any atom is -0.00752 e. The van der Waals surface area contributed by atoms with Crippen molar-refractivity contribution in [1.29, 1.82) is 0 Å². The molecule has 0 heteroatoms. The van der Waals surface area contributed by atoms with E-state index in [0.717, 1.165) is 5.92 Å². The van der Waals surface area contributed by atoms with Crippen molar-refractivity contribution in [1.82, 2.24) is 0 Å². The number of benzene rings is 1. The second kappa shape index (κ2) is 4.84. The molecule has 0 bridgehead atoms. The topological polar surface area (TPSA) is 0 Å². The highest BCUT2D eigenvalue weighted by atomic mass is 14.4. The smallest absolute Gasteiger partial charge is 0.00752 e. The molecule has 0 heterocycles. The number of hydrogen-bond donors (Lipinski definition) is 0. The van der Waals surface area contributed by atoms with Crippen LogP contribution in [-0.2, 0) is 5.41 Å². The minimum absolute atomic E-state index is 0.346. The number of rotatable bonds is 2. The van der Waals surface area contributed by atoms with E-state index in [1.807, 2.05) is 0 Å². The van der Waals surface area contributed by atoms with E-state index in [4.69, 9.17) is 0 Å². The summed E-state index contributed by atoms with van der Waals surface area (Å²) in [5.41, 5.74) is 4.73. The van der Waals surface area contributed by atoms with Crippen molar-refractivity contribution in [3.05, 3.63) is 34.9 Å². The fourth-order valence-corrected chi connectivity index (χ4v) is 3.20. The lowest BCUT2D eigenvalue weighted by Crippen LogP contribution is -2.30. The molecule has 0 N–H and O–H groups in total. The van der Waals surface area contributed by atoms with Gasteiger partial charge in [-0.15, -0.1) is 0 Å². The van der Waals surface area contributed by atoms with Crippen molar-refractivity contribution in [2.45, 2.75) is 65.2 Å². The average Bonchev–Trinajstić information content (AvgIpc) is 2.33. The SMILES string of the molecule is Cc1ccc(C(C)(C)C2CCCCC2)cc1C. The van der Waals surface area contributed by atoms with Crippen LogP contribution in [0.4, 0.5) is 0 Å². The molecular weight excluding hydrogens is 204 g/mol. The van der Waals surface area contributed by atoms with E-state index in [0.29, 0.717) is 5.41 Å². The van der Waals surface area contributed by atoms with Crippen molar-refractivity contribution in [2.24, 2.45) is 5.92 Å². The summed E-state index contributed by atoms with van der Waals surface area (Å²) in [6.07, 6.45) is 7.14. The molecule has 0 radical (unpaired) electrons. The zero-order chi connectivity index (χ0) is 12.5. The Hall–Kier alpha value is -0.780. The van der Waals surface area contributed by atoms with E-state index < -0.39 is 0 Å². The lowest BCUT2D eigenvalue weighted by molar-refractivity contribution is 0.236. The molecule has 0 amide bonds. The molecular formula is C17H26. The second-order valence-electron chi connectivity index (χ2n) is 6.36. The second-order valence-corrected chi connectivity index (χ2v) is 6.36. The molecule has 0 atom stereocenters. The fourth-order valence-electron chi connectivity index (χ4n) is 3.20. The van der Waals surface area contributed by atoms with Gasteiger partial charge in [0.2, 0.25) is 0 Å². The van der Waals surface area contributed by atoms with Gasteiger partial charge in [-0.25, -0.2) is 0 Å². The summed E-state index contributed by atoms with van der Waals surface area (Å²) in [6, 6.07) is 7.04. The molecule has 1 aromatic carbocycles. The third-order valence-electron chi connectivity index (χ3n) is 4.88. The summed E-state index contributed by atoms with van der Waals surface area (Å²) < 4.78 is 0. The van der Waals surface area contributed by atoms with Crippen LogP contribution >= 0.6 is 0 Å². The van der Waals surface area contributed by atoms with Crippen LogP contribution in [0.5, 0.6) is 0 Å². The Balaban J connectivity index is 2.26. The Labute approximate surface area is 106 Å². The summed E-state index contributed by atoms with van der Waals surface area (Å²) in [6.45, 7) is 9.31. The molecule has 1 aliphatic rings. The quantitative estimate of drug-likeness (QED) is 0.658. The maximum atomic E-state index is 2.44. The molecule has 1 fully saturated rings. The highest BCUT2D eigenvalue weighted by molar-refractivity contribution is 5.34. The molecule has 0 aliphatic heterocycles. The summed E-state index contributed by atoms with van der Waals surface area (Å²) in [5, 5.41) is 0. The minimum atomic E-state index is 0.346. The maximum absolute atomic E-state index is 2.44. The molecule has 2 rings (SSSR count). The first-order valence-corrected chi connectivity index (χ1v) is 7.09. The predicted molar refractivity (Wildman–Crippen MR) is 75.5 cm³/mol. The Morgan fingerprint density at radius 1 is 0.941 bits per heavy atom. The fraction of sp³-hybridized carbons (Fsp3) is 0.647. The summed E-state index contributed by atoms with van der Waals surface area (Å²) in [5.74, 6) is 0.873. The van der Waals surface area contributed by atoms with Gasteiger partial charge >= 0.3 is 0 Å². The minimum Gasteiger partial charge on any atom is -0.0588 e. The van der Waals surface area contributed by atoms with Crippen molar-refractivity contribution in [2.75, 3.05) is 0 Å². The molecule has 17 heavy (non-hydrogen) atoms. The van der Waals surface area contributed by atoms with E-state index in [-0.39, 0.29) is 0 Å². The van der Waals surface area contributed by atoms with Crippen LogP contribution in [0.25, 0.3) is 0 Å². The first-order chi connectivity index (χ1) is 8.01. The van der Waals surface area contributed by atoms with Gasteiger partial charge < -0.3 is 0 Å². The monoisotopic (exact) mass is 230 g/mol. The van der Waals surface area contributed by atoms with Crippen LogP contribution in [0.2, 0.25) is 0 Å². The third-order valence-corrected chi connectivity index (χ3v) is 4.88. The van der Waals surface area contributed by atoms with Gasteiger partial charge in [0.05, 0.1) is 0 Å². The van der Waals surface area contributed by atoms with Crippen LogP contribution < -0.4 is 0 Å². The molecule has 1 saturated carbocycles. The van der Waals surface area contributed by atoms with Gasteiger partial charge in [0.25, 0.3) is 0 Å². The average molecular weight is 230 g/mol. The van der Waals surface area contributed by atoms with Gasteiger partial charge in [-0.3, -0.25) is 0 Å². The van der Waals surface area contributed by atoms with Crippen LogP contribution in [0.3, 0.4) is 0 Å². The van der Waals surface area contributed by atoms with Gasteiger partial charge in [0, 0.05) is 0 Å². The van der Waals surface area contributed by atoms with Gasteiger partial charge in [0.1, 0.15) is 0 Å². The summed E-state index contributed by atoms with van der Waals surface area (Å²) in [4.78, 5) is 0. The predicted octanol–water partition coefficient (Wildman–Crippen LogP) is 5.16. The molecule has 0 spiro atoms. The number of aryl methyl sites for hydroxylation is 2. The van der Waals surface area contributed by atoms with Crippen molar-refractivity contribution in [3.63, 3.8) is 0 Å². The molecule has 0 aromatic heterocycles. The van der Waals surface area contributed by atoms with E-state index in [1.54, 1.807) is 0 Å². The Morgan fingerprint density at radius 2 is 1.59 bits per heavy atom. The molecule has 94 valence electrons. The first kappa shape index (κ1) is 12.7. The standard InChI is InChI=1S/C17H26/c1-13-10-11-16(12-14(13)2)17(3,4)15-8-6-5-7-9-15/h10-12,15H,5-9H2,1-4H3. The van der Waals surface area contributed by atoms with E-state index in [9.17, 15) is 0 Å². The summed E-state index contributed by atoms with van der Waals surface area (Å²) in [7, 11) is 0. The molecule has 0 nitrogen and oxygen atoms in total. The van der Waals surface area contributed by atoms with E-state index in [2.05, 4.69) is 45.9 Å².